The smallest absolute Gasteiger partial charge is 0.343 e. The number of benzene rings is 2. The van der Waals surface area contributed by atoms with Crippen molar-refractivity contribution >= 4 is 40.7 Å². The summed E-state index contributed by atoms with van der Waals surface area (Å²) in [5.74, 6) is -5.47. The Kier molecular flexibility index (Phi) is 5.45. The van der Waals surface area contributed by atoms with Gasteiger partial charge in [-0.15, -0.1) is 0 Å². The van der Waals surface area contributed by atoms with Crippen molar-refractivity contribution in [2.45, 2.75) is 25.0 Å². The number of rotatable bonds is 4. The molecule has 0 aromatic heterocycles. The number of esters is 2. The van der Waals surface area contributed by atoms with Crippen LogP contribution in [-0.4, -0.2) is 48.4 Å². The van der Waals surface area contributed by atoms with E-state index in [1.165, 1.54) is 20.1 Å². The zero-order valence-corrected chi connectivity index (χ0v) is 20.1. The summed E-state index contributed by atoms with van der Waals surface area (Å²) in [6.45, 7) is 3.23. The quantitative estimate of drug-likeness (QED) is 0.594. The number of ether oxygens (including phenoxy) is 3. The van der Waals surface area contributed by atoms with Gasteiger partial charge in [-0.25, -0.2) is 9.59 Å². The summed E-state index contributed by atoms with van der Waals surface area (Å²) < 4.78 is 16.8. The van der Waals surface area contributed by atoms with Gasteiger partial charge in [0.1, 0.15) is 0 Å². The zero-order chi connectivity index (χ0) is 25.1. The van der Waals surface area contributed by atoms with Gasteiger partial charge in [-0.3, -0.25) is 9.59 Å². The molecule has 2 bridgehead atoms. The average molecular weight is 495 g/mol. The lowest BCUT2D eigenvalue weighted by Crippen LogP contribution is -2.73. The van der Waals surface area contributed by atoms with Crippen molar-refractivity contribution in [1.29, 1.82) is 0 Å². The van der Waals surface area contributed by atoms with Crippen molar-refractivity contribution < 1.29 is 33.4 Å². The van der Waals surface area contributed by atoms with Crippen LogP contribution in [0.4, 0.5) is 0 Å². The summed E-state index contributed by atoms with van der Waals surface area (Å²) in [5, 5.41) is 0.498. The molecule has 0 saturated carbocycles. The molecule has 2 heterocycles. The van der Waals surface area contributed by atoms with Crippen LogP contribution in [-0.2, 0) is 23.8 Å². The zero-order valence-electron chi connectivity index (χ0n) is 19.4. The predicted octanol–water partition coefficient (Wildman–Crippen LogP) is 3.93. The lowest BCUT2D eigenvalue weighted by molar-refractivity contribution is -0.237. The van der Waals surface area contributed by atoms with Crippen LogP contribution in [0.2, 0.25) is 5.02 Å². The SMILES string of the molecule is CCOC(=O)[C@@]1(C)O[C@@]2(C(=O)OC)C=C(c3ccc(Cl)cc3)[C@@H]1[C@@H]1C(=O)c3ccccc3C(=O)[C@@H]12. The van der Waals surface area contributed by atoms with E-state index in [2.05, 4.69) is 0 Å². The number of methoxy groups -OCH3 is 1. The second kappa shape index (κ2) is 8.14. The highest BCUT2D eigenvalue weighted by Gasteiger charge is 2.73. The fourth-order valence-electron chi connectivity index (χ4n) is 5.87. The van der Waals surface area contributed by atoms with Crippen molar-refractivity contribution in [1.82, 2.24) is 0 Å². The van der Waals surface area contributed by atoms with Crippen molar-refractivity contribution in [3.05, 3.63) is 76.3 Å². The first-order valence-corrected chi connectivity index (χ1v) is 11.7. The van der Waals surface area contributed by atoms with Gasteiger partial charge in [0.05, 0.1) is 19.6 Å². The maximum atomic E-state index is 14.0. The second-order valence-electron chi connectivity index (χ2n) is 9.08. The molecule has 8 heteroatoms. The fourth-order valence-corrected chi connectivity index (χ4v) is 5.99. The van der Waals surface area contributed by atoms with Gasteiger partial charge >= 0.3 is 11.9 Å². The number of hydrogen-bond donors (Lipinski definition) is 0. The van der Waals surface area contributed by atoms with Crippen LogP contribution >= 0.6 is 11.6 Å². The van der Waals surface area contributed by atoms with E-state index in [1.807, 2.05) is 0 Å². The van der Waals surface area contributed by atoms with E-state index in [-0.39, 0.29) is 23.5 Å². The molecule has 1 fully saturated rings. The summed E-state index contributed by atoms with van der Waals surface area (Å²) in [6, 6.07) is 13.3. The Balaban J connectivity index is 1.83. The fraction of sp³-hybridized carbons (Fsp3) is 0.333. The summed E-state index contributed by atoms with van der Waals surface area (Å²) in [4.78, 5) is 54.6. The highest BCUT2D eigenvalue weighted by molar-refractivity contribution is 6.30. The Morgan fingerprint density at radius 2 is 1.60 bits per heavy atom. The van der Waals surface area contributed by atoms with E-state index in [0.29, 0.717) is 16.2 Å². The van der Waals surface area contributed by atoms with Gasteiger partial charge in [0.2, 0.25) is 0 Å². The van der Waals surface area contributed by atoms with E-state index in [4.69, 9.17) is 25.8 Å². The molecular weight excluding hydrogens is 472 g/mol. The lowest BCUT2D eigenvalue weighted by Gasteiger charge is -2.59. The molecule has 0 amide bonds. The van der Waals surface area contributed by atoms with Crippen LogP contribution in [0.3, 0.4) is 0 Å². The largest absolute Gasteiger partial charge is 0.467 e. The Labute approximate surface area is 207 Å². The van der Waals surface area contributed by atoms with Crippen molar-refractivity contribution in [3.63, 3.8) is 0 Å². The first-order valence-electron chi connectivity index (χ1n) is 11.3. The third-order valence-electron chi connectivity index (χ3n) is 7.27. The molecular formula is C27H23ClO7. The molecule has 2 aliphatic heterocycles. The molecule has 0 spiro atoms. The molecule has 5 atom stereocenters. The van der Waals surface area contributed by atoms with Gasteiger partial charge < -0.3 is 14.2 Å². The number of halogens is 1. The van der Waals surface area contributed by atoms with Crippen LogP contribution in [0, 0.1) is 17.8 Å². The Hall–Kier alpha value is -3.29. The topological polar surface area (TPSA) is 96.0 Å². The van der Waals surface area contributed by atoms with Gasteiger partial charge in [-0.1, -0.05) is 48.0 Å². The molecule has 1 saturated heterocycles. The summed E-state index contributed by atoms with van der Waals surface area (Å²) in [6.07, 6.45) is 1.54. The normalized spacial score (nSPS) is 30.7. The number of Topliss-reactive ketones (excluding diaryl/α,β-unsaturated/α-hetero) is 2. The molecule has 7 nitrogen and oxygen atoms in total. The minimum absolute atomic E-state index is 0.0690. The van der Waals surface area contributed by atoms with Gasteiger partial charge in [0.15, 0.2) is 22.8 Å². The summed E-state index contributed by atoms with van der Waals surface area (Å²) in [7, 11) is 1.18. The molecule has 0 N–H and O–H groups in total. The van der Waals surface area contributed by atoms with Crippen molar-refractivity contribution in [2.24, 2.45) is 17.8 Å². The number of fused-ring (bicyclic) bond motifs is 2. The van der Waals surface area contributed by atoms with E-state index in [1.54, 1.807) is 55.5 Å². The molecule has 2 aliphatic carbocycles. The molecule has 35 heavy (non-hydrogen) atoms. The maximum Gasteiger partial charge on any atom is 0.343 e. The third kappa shape index (κ3) is 3.15. The van der Waals surface area contributed by atoms with E-state index in [9.17, 15) is 19.2 Å². The van der Waals surface area contributed by atoms with E-state index >= 15 is 0 Å². The Morgan fingerprint density at radius 3 is 2.20 bits per heavy atom. The van der Waals surface area contributed by atoms with Crippen LogP contribution in [0.5, 0.6) is 0 Å². The summed E-state index contributed by atoms with van der Waals surface area (Å²) in [5.41, 5.74) is -2.10. The lowest BCUT2D eigenvalue weighted by atomic mass is 9.51. The molecule has 0 radical (unpaired) electrons. The molecule has 180 valence electrons. The average Bonchev–Trinajstić information content (AvgIpc) is 2.86. The maximum absolute atomic E-state index is 14.0. The first kappa shape index (κ1) is 23.5. The Bertz CT molecular complexity index is 1300. The van der Waals surface area contributed by atoms with Crippen LogP contribution in [0.15, 0.2) is 54.6 Å². The summed E-state index contributed by atoms with van der Waals surface area (Å²) >= 11 is 6.10. The molecule has 0 unspecified atom stereocenters. The van der Waals surface area contributed by atoms with Gasteiger partial charge in [-0.05, 0) is 43.2 Å². The van der Waals surface area contributed by atoms with E-state index < -0.39 is 46.7 Å². The molecule has 2 aromatic rings. The highest BCUT2D eigenvalue weighted by atomic mass is 35.5. The van der Waals surface area contributed by atoms with Gasteiger partial charge in [-0.2, -0.15) is 0 Å². The number of carbonyl (C=O) groups excluding carboxylic acids is 4. The van der Waals surface area contributed by atoms with Gasteiger partial charge in [0.25, 0.3) is 0 Å². The van der Waals surface area contributed by atoms with Crippen LogP contribution in [0.25, 0.3) is 5.57 Å². The highest BCUT2D eigenvalue weighted by Crippen LogP contribution is 2.61. The van der Waals surface area contributed by atoms with Gasteiger partial charge in [0, 0.05) is 28.0 Å². The number of hydrogen-bond acceptors (Lipinski definition) is 7. The van der Waals surface area contributed by atoms with Crippen LogP contribution < -0.4 is 0 Å². The van der Waals surface area contributed by atoms with Crippen LogP contribution in [0.1, 0.15) is 40.1 Å². The standard InChI is InChI=1S/C27H23ClO7/c1-4-34-24(31)26(2)20-18(14-9-11-15(28)12-10-14)13-27(35-26,25(32)33-3)21-19(20)22(29)16-7-5-6-8-17(16)23(21)30/h5-13,19-21H,4H2,1-3H3/t19-,20+,21+,26-,27-/m0/s1. The molecule has 4 aliphatic rings. The van der Waals surface area contributed by atoms with E-state index in [0.717, 1.165) is 0 Å². The monoisotopic (exact) mass is 494 g/mol. The number of carbonyl (C=O) groups is 4. The number of ketones is 2. The minimum atomic E-state index is -2.01. The molecule has 6 rings (SSSR count). The predicted molar refractivity (Wildman–Crippen MR) is 126 cm³/mol. The third-order valence-corrected chi connectivity index (χ3v) is 7.52. The molecule has 2 aromatic carbocycles. The minimum Gasteiger partial charge on any atom is -0.467 e. The second-order valence-corrected chi connectivity index (χ2v) is 9.51. The van der Waals surface area contributed by atoms with Crippen molar-refractivity contribution in [2.75, 3.05) is 13.7 Å². The van der Waals surface area contributed by atoms with Crippen molar-refractivity contribution in [3.8, 4) is 0 Å². The first-order chi connectivity index (χ1) is 16.7. The Morgan fingerprint density at radius 1 is 0.971 bits per heavy atom.